The highest BCUT2D eigenvalue weighted by atomic mass is 19.1. The molecule has 0 heterocycles. The van der Waals surface area contributed by atoms with E-state index in [0.29, 0.717) is 6.54 Å². The molecule has 1 N–H and O–H groups in total. The number of halogens is 1. The van der Waals surface area contributed by atoms with Gasteiger partial charge in [0.05, 0.1) is 7.11 Å². The van der Waals surface area contributed by atoms with Crippen molar-refractivity contribution in [2.75, 3.05) is 13.7 Å². The third-order valence-corrected chi connectivity index (χ3v) is 3.35. The Morgan fingerprint density at radius 2 is 1.95 bits per heavy atom. The van der Waals surface area contributed by atoms with Gasteiger partial charge in [0.2, 0.25) is 0 Å². The molecule has 1 amide bonds. The fourth-order valence-electron chi connectivity index (χ4n) is 2.05. The number of hydrogen-bond donors (Lipinski definition) is 1. The lowest BCUT2D eigenvalue weighted by Crippen LogP contribution is -2.27. The molecule has 2 rings (SSSR count). The Bertz CT molecular complexity index is 613. The van der Waals surface area contributed by atoms with Crippen molar-refractivity contribution in [3.05, 3.63) is 65.5 Å². The number of benzene rings is 2. The molecule has 2 aromatic rings. The molecule has 110 valence electrons. The molecule has 0 fully saturated rings. The molecule has 0 saturated heterocycles. The van der Waals surface area contributed by atoms with Crippen LogP contribution in [-0.2, 0) is 0 Å². The Hall–Kier alpha value is -2.36. The molecular weight excluding hydrogens is 269 g/mol. The molecule has 0 spiro atoms. The molecule has 0 aromatic heterocycles. The molecule has 0 aliphatic carbocycles. The average molecular weight is 287 g/mol. The molecule has 0 saturated carbocycles. The van der Waals surface area contributed by atoms with Crippen molar-refractivity contribution in [2.45, 2.75) is 12.8 Å². The zero-order valence-corrected chi connectivity index (χ0v) is 12.1. The largest absolute Gasteiger partial charge is 0.494 e. The van der Waals surface area contributed by atoms with Crippen molar-refractivity contribution in [2.24, 2.45) is 0 Å². The predicted molar refractivity (Wildman–Crippen MR) is 80.1 cm³/mol. The molecule has 3 nitrogen and oxygen atoms in total. The average Bonchev–Trinajstić information content (AvgIpc) is 2.53. The molecular formula is C17H18FNO2. The summed E-state index contributed by atoms with van der Waals surface area (Å²) in [5.74, 6) is -0.511. The normalized spacial score (nSPS) is 11.8. The van der Waals surface area contributed by atoms with E-state index in [2.05, 4.69) is 5.32 Å². The maximum absolute atomic E-state index is 13.6. The van der Waals surface area contributed by atoms with Crippen LogP contribution in [0.2, 0.25) is 0 Å². The molecule has 21 heavy (non-hydrogen) atoms. The number of carbonyl (C=O) groups excluding carboxylic acids is 1. The van der Waals surface area contributed by atoms with Gasteiger partial charge in [0.25, 0.3) is 5.91 Å². The van der Waals surface area contributed by atoms with Gasteiger partial charge in [-0.15, -0.1) is 0 Å². The van der Waals surface area contributed by atoms with Gasteiger partial charge in [-0.3, -0.25) is 4.79 Å². The smallest absolute Gasteiger partial charge is 0.251 e. The van der Waals surface area contributed by atoms with Crippen LogP contribution >= 0.6 is 0 Å². The van der Waals surface area contributed by atoms with Crippen LogP contribution in [0.15, 0.2) is 48.5 Å². The number of methoxy groups -OCH3 is 1. The van der Waals surface area contributed by atoms with Crippen LogP contribution in [0.4, 0.5) is 4.39 Å². The zero-order valence-electron chi connectivity index (χ0n) is 12.1. The van der Waals surface area contributed by atoms with Crippen LogP contribution in [0.1, 0.15) is 28.8 Å². The minimum Gasteiger partial charge on any atom is -0.494 e. The van der Waals surface area contributed by atoms with E-state index in [1.165, 1.54) is 19.2 Å². The van der Waals surface area contributed by atoms with E-state index in [4.69, 9.17) is 4.74 Å². The summed E-state index contributed by atoms with van der Waals surface area (Å²) in [6, 6.07) is 14.1. The van der Waals surface area contributed by atoms with E-state index in [-0.39, 0.29) is 23.1 Å². The number of ether oxygens (including phenoxy) is 1. The summed E-state index contributed by atoms with van der Waals surface area (Å²) >= 11 is 0. The van der Waals surface area contributed by atoms with E-state index in [9.17, 15) is 9.18 Å². The Balaban J connectivity index is 1.97. The zero-order chi connectivity index (χ0) is 15.2. The summed E-state index contributed by atoms with van der Waals surface area (Å²) in [6.45, 7) is 2.53. The molecule has 4 heteroatoms. The van der Waals surface area contributed by atoms with Gasteiger partial charge in [-0.25, -0.2) is 4.39 Å². The van der Waals surface area contributed by atoms with Gasteiger partial charge in [0.1, 0.15) is 0 Å². The summed E-state index contributed by atoms with van der Waals surface area (Å²) in [6.07, 6.45) is 0. The van der Waals surface area contributed by atoms with Crippen molar-refractivity contribution in [1.29, 1.82) is 0 Å². The molecule has 0 aliphatic heterocycles. The molecule has 1 atom stereocenters. The topological polar surface area (TPSA) is 38.3 Å². The standard InChI is InChI=1S/C17H18FNO2/c1-12(13-6-4-3-5-7-13)11-19-17(20)14-8-9-16(21-2)15(18)10-14/h3-10,12H,11H2,1-2H3,(H,19,20)/t12-/m0/s1. The van der Waals surface area contributed by atoms with Crippen LogP contribution in [0.25, 0.3) is 0 Å². The van der Waals surface area contributed by atoms with Crippen LogP contribution in [0, 0.1) is 5.82 Å². The monoisotopic (exact) mass is 287 g/mol. The first-order valence-electron chi connectivity index (χ1n) is 6.78. The summed E-state index contributed by atoms with van der Waals surface area (Å²) in [5.41, 5.74) is 1.44. The minimum absolute atomic E-state index is 0.129. The maximum atomic E-state index is 13.6. The number of hydrogen-bond acceptors (Lipinski definition) is 2. The maximum Gasteiger partial charge on any atom is 0.251 e. The van der Waals surface area contributed by atoms with Gasteiger partial charge < -0.3 is 10.1 Å². The van der Waals surface area contributed by atoms with Crippen molar-refractivity contribution in [3.63, 3.8) is 0 Å². The van der Waals surface area contributed by atoms with Crippen LogP contribution < -0.4 is 10.1 Å². The van der Waals surface area contributed by atoms with E-state index in [1.807, 2.05) is 37.3 Å². The SMILES string of the molecule is COc1ccc(C(=O)NC[C@H](C)c2ccccc2)cc1F. The molecule has 2 aromatic carbocycles. The predicted octanol–water partition coefficient (Wildman–Crippen LogP) is 3.37. The highest BCUT2D eigenvalue weighted by Crippen LogP contribution is 2.18. The van der Waals surface area contributed by atoms with Crippen LogP contribution in [0.3, 0.4) is 0 Å². The second-order valence-electron chi connectivity index (χ2n) is 4.87. The Kier molecular flexibility index (Phi) is 4.93. The molecule has 0 radical (unpaired) electrons. The number of rotatable bonds is 5. The van der Waals surface area contributed by atoms with Gasteiger partial charge in [-0.05, 0) is 29.7 Å². The van der Waals surface area contributed by atoms with Gasteiger partial charge in [0, 0.05) is 12.1 Å². The summed E-state index contributed by atoms with van der Waals surface area (Å²) < 4.78 is 18.4. The summed E-state index contributed by atoms with van der Waals surface area (Å²) in [4.78, 5) is 12.0. The van der Waals surface area contributed by atoms with Crippen molar-refractivity contribution in [1.82, 2.24) is 5.32 Å². The summed E-state index contributed by atoms with van der Waals surface area (Å²) in [7, 11) is 1.39. The lowest BCUT2D eigenvalue weighted by atomic mass is 10.0. The molecule has 0 unspecified atom stereocenters. The first-order valence-corrected chi connectivity index (χ1v) is 6.78. The lowest BCUT2D eigenvalue weighted by Gasteiger charge is -2.13. The van der Waals surface area contributed by atoms with E-state index in [0.717, 1.165) is 5.56 Å². The van der Waals surface area contributed by atoms with Gasteiger partial charge >= 0.3 is 0 Å². The van der Waals surface area contributed by atoms with Crippen LogP contribution in [0.5, 0.6) is 5.75 Å². The highest BCUT2D eigenvalue weighted by molar-refractivity contribution is 5.94. The Morgan fingerprint density at radius 3 is 2.57 bits per heavy atom. The van der Waals surface area contributed by atoms with Gasteiger partial charge in [-0.1, -0.05) is 37.3 Å². The first-order chi connectivity index (χ1) is 10.1. The molecule has 0 aliphatic rings. The fourth-order valence-corrected chi connectivity index (χ4v) is 2.05. The first kappa shape index (κ1) is 15.0. The third kappa shape index (κ3) is 3.81. The van der Waals surface area contributed by atoms with E-state index in [1.54, 1.807) is 6.07 Å². The van der Waals surface area contributed by atoms with Gasteiger partial charge in [0.15, 0.2) is 11.6 Å². The van der Waals surface area contributed by atoms with E-state index >= 15 is 0 Å². The van der Waals surface area contributed by atoms with Crippen molar-refractivity contribution < 1.29 is 13.9 Å². The second-order valence-corrected chi connectivity index (χ2v) is 4.87. The number of carbonyl (C=O) groups is 1. The van der Waals surface area contributed by atoms with Crippen molar-refractivity contribution >= 4 is 5.91 Å². The quantitative estimate of drug-likeness (QED) is 0.915. The van der Waals surface area contributed by atoms with Crippen LogP contribution in [-0.4, -0.2) is 19.6 Å². The Morgan fingerprint density at radius 1 is 1.24 bits per heavy atom. The third-order valence-electron chi connectivity index (χ3n) is 3.35. The minimum atomic E-state index is -0.541. The Labute approximate surface area is 123 Å². The highest BCUT2D eigenvalue weighted by Gasteiger charge is 2.11. The van der Waals surface area contributed by atoms with Crippen molar-refractivity contribution in [3.8, 4) is 5.75 Å². The summed E-state index contributed by atoms with van der Waals surface area (Å²) in [5, 5.41) is 2.82. The fraction of sp³-hybridized carbons (Fsp3) is 0.235. The molecule has 0 bridgehead atoms. The van der Waals surface area contributed by atoms with E-state index < -0.39 is 5.82 Å². The number of amides is 1. The lowest BCUT2D eigenvalue weighted by molar-refractivity contribution is 0.0951. The van der Waals surface area contributed by atoms with Gasteiger partial charge in [-0.2, -0.15) is 0 Å². The number of nitrogens with one attached hydrogen (secondary N) is 1. The second kappa shape index (κ2) is 6.88.